The maximum Gasteiger partial charge on any atom is 0.0835 e. The summed E-state index contributed by atoms with van der Waals surface area (Å²) < 4.78 is 11.3. The summed E-state index contributed by atoms with van der Waals surface area (Å²) >= 11 is 0. The van der Waals surface area contributed by atoms with Crippen molar-refractivity contribution in [1.82, 2.24) is 0 Å². The summed E-state index contributed by atoms with van der Waals surface area (Å²) in [6.45, 7) is 10.0. The van der Waals surface area contributed by atoms with E-state index >= 15 is 0 Å². The van der Waals surface area contributed by atoms with E-state index in [2.05, 4.69) is 20.8 Å². The molecular weight excluding hydrogens is 178 g/mol. The van der Waals surface area contributed by atoms with Crippen LogP contribution < -0.4 is 5.73 Å². The van der Waals surface area contributed by atoms with Gasteiger partial charge in [0, 0.05) is 12.6 Å². The highest BCUT2D eigenvalue weighted by Gasteiger charge is 2.32. The molecule has 2 N–H and O–H groups in total. The molecule has 0 amide bonds. The Morgan fingerprint density at radius 1 is 1.43 bits per heavy atom. The molecule has 0 aliphatic carbocycles. The van der Waals surface area contributed by atoms with Gasteiger partial charge in [-0.1, -0.05) is 20.8 Å². The molecule has 0 saturated carbocycles. The fraction of sp³-hybridized carbons (Fsp3) is 1.00. The quantitative estimate of drug-likeness (QED) is 0.753. The summed E-state index contributed by atoms with van der Waals surface area (Å²) in [7, 11) is 0. The SMILES string of the molecule is CC(N)C(OC1CCOC1)C(C)(C)C. The second-order valence-electron chi connectivity index (χ2n) is 5.27. The van der Waals surface area contributed by atoms with Gasteiger partial charge in [-0.15, -0.1) is 0 Å². The first-order chi connectivity index (χ1) is 6.41. The summed E-state index contributed by atoms with van der Waals surface area (Å²) in [5, 5.41) is 0. The van der Waals surface area contributed by atoms with Crippen LogP contribution in [0.25, 0.3) is 0 Å². The summed E-state index contributed by atoms with van der Waals surface area (Å²) in [4.78, 5) is 0. The molecule has 0 aromatic carbocycles. The molecule has 3 heteroatoms. The molecule has 3 nitrogen and oxygen atoms in total. The Morgan fingerprint density at radius 3 is 2.43 bits per heavy atom. The number of ether oxygens (including phenoxy) is 2. The molecule has 3 atom stereocenters. The van der Waals surface area contributed by atoms with Gasteiger partial charge >= 0.3 is 0 Å². The Balaban J connectivity index is 2.50. The van der Waals surface area contributed by atoms with E-state index in [4.69, 9.17) is 15.2 Å². The molecule has 14 heavy (non-hydrogen) atoms. The molecule has 1 aliphatic rings. The van der Waals surface area contributed by atoms with E-state index in [1.807, 2.05) is 6.92 Å². The largest absolute Gasteiger partial charge is 0.379 e. The minimum atomic E-state index is 0.0654. The van der Waals surface area contributed by atoms with Gasteiger partial charge in [-0.25, -0.2) is 0 Å². The van der Waals surface area contributed by atoms with E-state index in [1.54, 1.807) is 0 Å². The maximum absolute atomic E-state index is 5.99. The molecule has 1 heterocycles. The van der Waals surface area contributed by atoms with Crippen molar-refractivity contribution in [2.24, 2.45) is 11.1 Å². The maximum atomic E-state index is 5.99. The third-order valence-corrected chi connectivity index (χ3v) is 2.56. The van der Waals surface area contributed by atoms with Crippen LogP contribution in [0.15, 0.2) is 0 Å². The highest BCUT2D eigenvalue weighted by atomic mass is 16.6. The van der Waals surface area contributed by atoms with Crippen molar-refractivity contribution in [2.45, 2.75) is 52.4 Å². The molecule has 0 bridgehead atoms. The molecule has 0 aromatic heterocycles. The van der Waals surface area contributed by atoms with E-state index in [0.29, 0.717) is 0 Å². The highest BCUT2D eigenvalue weighted by molar-refractivity contribution is 4.83. The first-order valence-electron chi connectivity index (χ1n) is 5.40. The van der Waals surface area contributed by atoms with Crippen molar-refractivity contribution in [2.75, 3.05) is 13.2 Å². The standard InChI is InChI=1S/C11H23NO2/c1-8(12)10(11(2,3)4)14-9-5-6-13-7-9/h8-10H,5-7,12H2,1-4H3. The number of rotatable bonds is 3. The molecule has 3 unspecified atom stereocenters. The van der Waals surface area contributed by atoms with Crippen LogP contribution >= 0.6 is 0 Å². The average molecular weight is 201 g/mol. The van der Waals surface area contributed by atoms with Crippen molar-refractivity contribution in [3.05, 3.63) is 0 Å². The Kier molecular flexibility index (Phi) is 3.93. The topological polar surface area (TPSA) is 44.5 Å². The molecule has 0 radical (unpaired) electrons. The van der Waals surface area contributed by atoms with Gasteiger partial charge in [-0.2, -0.15) is 0 Å². The van der Waals surface area contributed by atoms with Crippen LogP contribution in [0.5, 0.6) is 0 Å². The first-order valence-corrected chi connectivity index (χ1v) is 5.40. The van der Waals surface area contributed by atoms with E-state index in [-0.39, 0.29) is 23.7 Å². The second-order valence-corrected chi connectivity index (χ2v) is 5.27. The highest BCUT2D eigenvalue weighted by Crippen LogP contribution is 2.27. The summed E-state index contributed by atoms with van der Waals surface area (Å²) in [6, 6.07) is 0.0654. The molecular formula is C11H23NO2. The molecule has 1 aliphatic heterocycles. The second kappa shape index (κ2) is 4.60. The van der Waals surface area contributed by atoms with Crippen LogP contribution in [0.3, 0.4) is 0 Å². The van der Waals surface area contributed by atoms with Crippen molar-refractivity contribution < 1.29 is 9.47 Å². The Labute approximate surface area is 86.9 Å². The Morgan fingerprint density at radius 2 is 2.07 bits per heavy atom. The van der Waals surface area contributed by atoms with Crippen LogP contribution in [-0.2, 0) is 9.47 Å². The summed E-state index contributed by atoms with van der Waals surface area (Å²) in [5.41, 5.74) is 6.03. The van der Waals surface area contributed by atoms with Crippen molar-refractivity contribution >= 4 is 0 Å². The van der Waals surface area contributed by atoms with Crippen LogP contribution in [0.1, 0.15) is 34.1 Å². The normalized spacial score (nSPS) is 27.6. The summed E-state index contributed by atoms with van der Waals surface area (Å²) in [5.74, 6) is 0. The fourth-order valence-electron chi connectivity index (χ4n) is 1.94. The zero-order chi connectivity index (χ0) is 10.8. The predicted molar refractivity (Wildman–Crippen MR) is 57.2 cm³/mol. The van der Waals surface area contributed by atoms with E-state index in [1.165, 1.54) is 0 Å². The van der Waals surface area contributed by atoms with Gasteiger partial charge in [0.05, 0.1) is 18.8 Å². The molecule has 1 rings (SSSR count). The van der Waals surface area contributed by atoms with E-state index in [9.17, 15) is 0 Å². The fourth-order valence-corrected chi connectivity index (χ4v) is 1.94. The average Bonchev–Trinajstić information content (AvgIpc) is 2.48. The van der Waals surface area contributed by atoms with Gasteiger partial charge < -0.3 is 15.2 Å². The summed E-state index contributed by atoms with van der Waals surface area (Å²) in [6.07, 6.45) is 1.35. The minimum absolute atomic E-state index is 0.0654. The zero-order valence-corrected chi connectivity index (χ0v) is 9.75. The van der Waals surface area contributed by atoms with E-state index < -0.39 is 0 Å². The zero-order valence-electron chi connectivity index (χ0n) is 9.75. The van der Waals surface area contributed by atoms with Gasteiger partial charge in [0.25, 0.3) is 0 Å². The lowest BCUT2D eigenvalue weighted by Crippen LogP contribution is -2.45. The molecule has 84 valence electrons. The monoisotopic (exact) mass is 201 g/mol. The van der Waals surface area contributed by atoms with Crippen LogP contribution in [0.4, 0.5) is 0 Å². The van der Waals surface area contributed by atoms with E-state index in [0.717, 1.165) is 19.6 Å². The predicted octanol–water partition coefficient (Wildman–Crippen LogP) is 1.55. The van der Waals surface area contributed by atoms with Gasteiger partial charge in [0.2, 0.25) is 0 Å². The molecule has 1 saturated heterocycles. The molecule has 1 fully saturated rings. The van der Waals surface area contributed by atoms with Crippen molar-refractivity contribution in [3.63, 3.8) is 0 Å². The number of nitrogens with two attached hydrogens (primary N) is 1. The van der Waals surface area contributed by atoms with Crippen LogP contribution in [-0.4, -0.2) is 31.5 Å². The van der Waals surface area contributed by atoms with Crippen LogP contribution in [0, 0.1) is 5.41 Å². The third kappa shape index (κ3) is 3.23. The minimum Gasteiger partial charge on any atom is -0.379 e. The first kappa shape index (κ1) is 12.0. The molecule has 0 aromatic rings. The van der Waals surface area contributed by atoms with Crippen LogP contribution in [0.2, 0.25) is 0 Å². The van der Waals surface area contributed by atoms with Crippen molar-refractivity contribution in [3.8, 4) is 0 Å². The molecule has 0 spiro atoms. The van der Waals surface area contributed by atoms with Crippen molar-refractivity contribution in [1.29, 1.82) is 0 Å². The van der Waals surface area contributed by atoms with Gasteiger partial charge in [-0.3, -0.25) is 0 Å². The number of hydrogen-bond acceptors (Lipinski definition) is 3. The lowest BCUT2D eigenvalue weighted by Gasteiger charge is -2.35. The smallest absolute Gasteiger partial charge is 0.0835 e. The number of hydrogen-bond donors (Lipinski definition) is 1. The van der Waals surface area contributed by atoms with Gasteiger partial charge in [0.1, 0.15) is 0 Å². The Bertz CT molecular complexity index is 169. The lowest BCUT2D eigenvalue weighted by atomic mass is 9.85. The third-order valence-electron chi connectivity index (χ3n) is 2.56. The lowest BCUT2D eigenvalue weighted by molar-refractivity contribution is -0.0763. The van der Waals surface area contributed by atoms with Gasteiger partial charge in [-0.05, 0) is 18.8 Å². The van der Waals surface area contributed by atoms with Gasteiger partial charge in [0.15, 0.2) is 0 Å². The Hall–Kier alpha value is -0.120.